The third kappa shape index (κ3) is 2.39. The molecule has 0 bridgehead atoms. The predicted octanol–water partition coefficient (Wildman–Crippen LogP) is 2.16. The van der Waals surface area contributed by atoms with Gasteiger partial charge in [0, 0.05) is 18.0 Å². The number of benzene rings is 1. The summed E-state index contributed by atoms with van der Waals surface area (Å²) in [5.74, 6) is 0.345. The second-order valence-corrected chi connectivity index (χ2v) is 4.48. The second kappa shape index (κ2) is 4.33. The minimum Gasteiger partial charge on any atom is -0.298 e. The molecule has 1 aliphatic rings. The first-order valence-corrected chi connectivity index (χ1v) is 5.52. The lowest BCUT2D eigenvalue weighted by Crippen LogP contribution is -2.31. The van der Waals surface area contributed by atoms with Crippen LogP contribution in [-0.4, -0.2) is 30.3 Å². The minimum atomic E-state index is 0.0449. The van der Waals surface area contributed by atoms with Gasteiger partial charge >= 0.3 is 0 Å². The van der Waals surface area contributed by atoms with Crippen molar-refractivity contribution in [3.63, 3.8) is 0 Å². The zero-order valence-electron chi connectivity index (χ0n) is 8.74. The average Bonchev–Trinajstić information content (AvgIpc) is 2.50. The summed E-state index contributed by atoms with van der Waals surface area (Å²) >= 11 is 5.90. The maximum Gasteiger partial charge on any atom is 0.151 e. The van der Waals surface area contributed by atoms with Gasteiger partial charge in [-0.25, -0.2) is 0 Å². The normalized spacial score (nSPS) is 22.3. The van der Waals surface area contributed by atoms with Crippen LogP contribution in [0.15, 0.2) is 24.3 Å². The summed E-state index contributed by atoms with van der Waals surface area (Å²) in [4.78, 5) is 13.7. The number of hydrogen-bond donors (Lipinski definition) is 0. The van der Waals surface area contributed by atoms with Crippen LogP contribution in [0.2, 0.25) is 5.02 Å². The summed E-state index contributed by atoms with van der Waals surface area (Å²) in [5, 5.41) is 0.737. The van der Waals surface area contributed by atoms with E-state index in [4.69, 9.17) is 11.6 Å². The molecule has 1 atom stereocenters. The van der Waals surface area contributed by atoms with Crippen LogP contribution in [0.5, 0.6) is 0 Å². The fourth-order valence-electron chi connectivity index (χ4n) is 2.01. The molecule has 0 aromatic heterocycles. The minimum absolute atomic E-state index is 0.0449. The average molecular weight is 224 g/mol. The Morgan fingerprint density at radius 3 is 2.93 bits per heavy atom. The van der Waals surface area contributed by atoms with Gasteiger partial charge < -0.3 is 0 Å². The van der Waals surface area contributed by atoms with Crippen LogP contribution >= 0.6 is 11.6 Å². The number of ketones is 1. The number of rotatable bonds is 2. The van der Waals surface area contributed by atoms with E-state index in [2.05, 4.69) is 4.90 Å². The third-order valence-electron chi connectivity index (χ3n) is 2.93. The lowest BCUT2D eigenvalue weighted by Gasteiger charge is -2.17. The third-order valence-corrected chi connectivity index (χ3v) is 3.17. The molecule has 0 radical (unpaired) electrons. The Labute approximate surface area is 94.8 Å². The molecule has 2 rings (SSSR count). The van der Waals surface area contributed by atoms with Gasteiger partial charge in [0.1, 0.15) is 0 Å². The Morgan fingerprint density at radius 2 is 2.33 bits per heavy atom. The quantitative estimate of drug-likeness (QED) is 0.766. The number of halogens is 1. The lowest BCUT2D eigenvalue weighted by molar-refractivity contribution is -0.119. The van der Waals surface area contributed by atoms with Crippen molar-refractivity contribution in [3.8, 4) is 0 Å². The molecular formula is C12H14ClNO. The first-order chi connectivity index (χ1) is 7.16. The standard InChI is InChI=1S/C12H14ClNO/c1-14-6-5-12(15)11(14)8-9-3-2-4-10(13)7-9/h2-4,7,11H,5-6,8H2,1H3. The maximum absolute atomic E-state index is 11.6. The number of likely N-dealkylation sites (tertiary alicyclic amines) is 1. The van der Waals surface area contributed by atoms with Crippen molar-refractivity contribution in [2.75, 3.05) is 13.6 Å². The summed E-state index contributed by atoms with van der Waals surface area (Å²) in [6.07, 6.45) is 1.46. The number of likely N-dealkylation sites (N-methyl/N-ethyl adjacent to an activating group) is 1. The van der Waals surface area contributed by atoms with Crippen molar-refractivity contribution in [2.24, 2.45) is 0 Å². The maximum atomic E-state index is 11.6. The topological polar surface area (TPSA) is 20.3 Å². The fourth-order valence-corrected chi connectivity index (χ4v) is 2.22. The highest BCUT2D eigenvalue weighted by Gasteiger charge is 2.29. The van der Waals surface area contributed by atoms with Gasteiger partial charge in [-0.2, -0.15) is 0 Å². The van der Waals surface area contributed by atoms with Crippen LogP contribution in [0.4, 0.5) is 0 Å². The van der Waals surface area contributed by atoms with E-state index in [1.807, 2.05) is 31.3 Å². The Hall–Kier alpha value is -0.860. The van der Waals surface area contributed by atoms with Crippen LogP contribution in [-0.2, 0) is 11.2 Å². The number of nitrogens with zero attached hydrogens (tertiary/aromatic N) is 1. The zero-order valence-corrected chi connectivity index (χ0v) is 9.50. The van der Waals surface area contributed by atoms with E-state index >= 15 is 0 Å². The molecule has 80 valence electrons. The number of carbonyl (C=O) groups excluding carboxylic acids is 1. The highest BCUT2D eigenvalue weighted by atomic mass is 35.5. The van der Waals surface area contributed by atoms with Crippen molar-refractivity contribution < 1.29 is 4.79 Å². The van der Waals surface area contributed by atoms with Gasteiger partial charge in [0.2, 0.25) is 0 Å². The van der Waals surface area contributed by atoms with E-state index in [0.29, 0.717) is 12.2 Å². The molecule has 1 heterocycles. The molecular weight excluding hydrogens is 210 g/mol. The van der Waals surface area contributed by atoms with E-state index in [1.165, 1.54) is 0 Å². The van der Waals surface area contributed by atoms with Crippen molar-refractivity contribution in [1.82, 2.24) is 4.90 Å². The smallest absolute Gasteiger partial charge is 0.151 e. The van der Waals surface area contributed by atoms with Gasteiger partial charge in [0.05, 0.1) is 6.04 Å². The van der Waals surface area contributed by atoms with Crippen LogP contribution in [0.1, 0.15) is 12.0 Å². The highest BCUT2D eigenvalue weighted by Crippen LogP contribution is 2.18. The van der Waals surface area contributed by atoms with Gasteiger partial charge in [-0.05, 0) is 31.2 Å². The monoisotopic (exact) mass is 223 g/mol. The molecule has 0 N–H and O–H groups in total. The van der Waals surface area contributed by atoms with Crippen molar-refractivity contribution >= 4 is 17.4 Å². The Morgan fingerprint density at radius 1 is 1.53 bits per heavy atom. The molecule has 0 aliphatic carbocycles. The van der Waals surface area contributed by atoms with E-state index in [-0.39, 0.29) is 6.04 Å². The second-order valence-electron chi connectivity index (χ2n) is 4.05. The summed E-state index contributed by atoms with van der Waals surface area (Å²) in [6, 6.07) is 7.78. The number of hydrogen-bond acceptors (Lipinski definition) is 2. The summed E-state index contributed by atoms with van der Waals surface area (Å²) in [7, 11) is 2.00. The number of Topliss-reactive ketones (excluding diaryl/α,β-unsaturated/α-hetero) is 1. The Kier molecular flexibility index (Phi) is 3.08. The number of carbonyl (C=O) groups is 1. The SMILES string of the molecule is CN1CCC(=O)C1Cc1cccc(Cl)c1. The van der Waals surface area contributed by atoms with Gasteiger partial charge in [-0.15, -0.1) is 0 Å². The Balaban J connectivity index is 2.11. The van der Waals surface area contributed by atoms with Crippen LogP contribution in [0, 0.1) is 0 Å². The van der Waals surface area contributed by atoms with E-state index in [1.54, 1.807) is 0 Å². The summed E-state index contributed by atoms with van der Waals surface area (Å²) in [5.41, 5.74) is 1.13. The predicted molar refractivity (Wildman–Crippen MR) is 61.2 cm³/mol. The van der Waals surface area contributed by atoms with Crippen LogP contribution < -0.4 is 0 Å². The fraction of sp³-hybridized carbons (Fsp3) is 0.417. The molecule has 1 aromatic rings. The molecule has 3 heteroatoms. The molecule has 2 nitrogen and oxygen atoms in total. The van der Waals surface area contributed by atoms with Crippen LogP contribution in [0.3, 0.4) is 0 Å². The van der Waals surface area contributed by atoms with Crippen molar-refractivity contribution in [3.05, 3.63) is 34.9 Å². The van der Waals surface area contributed by atoms with E-state index in [9.17, 15) is 4.79 Å². The molecule has 1 unspecified atom stereocenters. The summed E-state index contributed by atoms with van der Waals surface area (Å²) in [6.45, 7) is 0.879. The molecule has 0 amide bonds. The molecule has 15 heavy (non-hydrogen) atoms. The zero-order chi connectivity index (χ0) is 10.8. The molecule has 1 saturated heterocycles. The van der Waals surface area contributed by atoms with E-state index in [0.717, 1.165) is 23.6 Å². The molecule has 1 fully saturated rings. The largest absolute Gasteiger partial charge is 0.298 e. The first-order valence-electron chi connectivity index (χ1n) is 5.14. The van der Waals surface area contributed by atoms with Gasteiger partial charge in [-0.1, -0.05) is 23.7 Å². The van der Waals surface area contributed by atoms with Gasteiger partial charge in [-0.3, -0.25) is 9.69 Å². The molecule has 1 aromatic carbocycles. The van der Waals surface area contributed by atoms with E-state index < -0.39 is 0 Å². The van der Waals surface area contributed by atoms with Crippen molar-refractivity contribution in [1.29, 1.82) is 0 Å². The molecule has 0 spiro atoms. The molecule has 0 saturated carbocycles. The highest BCUT2D eigenvalue weighted by molar-refractivity contribution is 6.30. The van der Waals surface area contributed by atoms with Crippen molar-refractivity contribution in [2.45, 2.75) is 18.9 Å². The van der Waals surface area contributed by atoms with Gasteiger partial charge in [0.15, 0.2) is 5.78 Å². The van der Waals surface area contributed by atoms with Crippen LogP contribution in [0.25, 0.3) is 0 Å². The first kappa shape index (κ1) is 10.7. The summed E-state index contributed by atoms with van der Waals surface area (Å²) < 4.78 is 0. The molecule has 1 aliphatic heterocycles. The Bertz CT molecular complexity index is 378. The lowest BCUT2D eigenvalue weighted by atomic mass is 10.0. The van der Waals surface area contributed by atoms with Gasteiger partial charge in [0.25, 0.3) is 0 Å².